The summed E-state index contributed by atoms with van der Waals surface area (Å²) >= 11 is 0. The molecule has 3 aromatic rings. The molecule has 1 fully saturated rings. The van der Waals surface area contributed by atoms with Gasteiger partial charge in [0.05, 0.1) is 12.1 Å². The first-order valence-electron chi connectivity index (χ1n) is 9.70. The number of benzene rings is 2. The fourth-order valence-electron chi connectivity index (χ4n) is 3.56. The molecule has 7 nitrogen and oxygen atoms in total. The van der Waals surface area contributed by atoms with E-state index in [0.717, 1.165) is 23.1 Å². The van der Waals surface area contributed by atoms with Gasteiger partial charge in [-0.1, -0.05) is 36.4 Å². The summed E-state index contributed by atoms with van der Waals surface area (Å²) in [5.41, 5.74) is 4.78. The molecular formula is C22H23N5O2. The van der Waals surface area contributed by atoms with Crippen molar-refractivity contribution in [2.45, 2.75) is 6.42 Å². The molecule has 0 radical (unpaired) electrons. The van der Waals surface area contributed by atoms with Crippen LogP contribution in [-0.2, 0) is 4.79 Å². The first-order valence-corrected chi connectivity index (χ1v) is 9.70. The molecule has 2 heterocycles. The number of aliphatic carboxylic acids is 1. The number of hydrogen-bond acceptors (Lipinski definition) is 6. The molecule has 3 N–H and O–H groups in total. The Morgan fingerprint density at radius 2 is 1.97 bits per heavy atom. The number of aromatic nitrogens is 2. The molecule has 29 heavy (non-hydrogen) atoms. The summed E-state index contributed by atoms with van der Waals surface area (Å²) in [4.78, 5) is 20.0. The van der Waals surface area contributed by atoms with Crippen molar-refractivity contribution >= 4 is 23.0 Å². The van der Waals surface area contributed by atoms with Gasteiger partial charge in [0, 0.05) is 36.6 Å². The highest BCUT2D eigenvalue weighted by Gasteiger charge is 2.26. The maximum atomic E-state index is 11.1. The summed E-state index contributed by atoms with van der Waals surface area (Å²) in [6, 6.07) is 14.4. The molecule has 0 spiro atoms. The Bertz CT molecular complexity index is 1020. The summed E-state index contributed by atoms with van der Waals surface area (Å²) < 4.78 is 0. The number of nitrogens with zero attached hydrogens (tertiary/aromatic N) is 3. The van der Waals surface area contributed by atoms with E-state index in [-0.39, 0.29) is 11.8 Å². The zero-order chi connectivity index (χ0) is 20.1. The molecule has 0 saturated carbocycles. The van der Waals surface area contributed by atoms with Crippen molar-refractivity contribution in [2.24, 2.45) is 16.9 Å². The molecule has 1 aliphatic heterocycles. The lowest BCUT2D eigenvalue weighted by atomic mass is 9.91. The number of piperidine rings is 1. The summed E-state index contributed by atoms with van der Waals surface area (Å²) in [7, 11) is 0. The number of carboxylic acids is 1. The Labute approximate surface area is 168 Å². The number of hydrogen-bond donors (Lipinski definition) is 3. The highest BCUT2D eigenvalue weighted by Crippen LogP contribution is 2.21. The number of carbonyl (C=O) groups is 1. The third-order valence-electron chi connectivity index (χ3n) is 5.16. The fraction of sp³-hybridized carbons (Fsp3) is 0.273. The van der Waals surface area contributed by atoms with E-state index in [4.69, 9.17) is 5.11 Å². The van der Waals surface area contributed by atoms with Crippen LogP contribution in [0.3, 0.4) is 0 Å². The van der Waals surface area contributed by atoms with Gasteiger partial charge in [0.2, 0.25) is 0 Å². The lowest BCUT2D eigenvalue weighted by Gasteiger charge is -2.27. The Kier molecular flexibility index (Phi) is 5.76. The molecule has 0 amide bonds. The quantitative estimate of drug-likeness (QED) is 0.443. The van der Waals surface area contributed by atoms with Gasteiger partial charge >= 0.3 is 5.97 Å². The molecular weight excluding hydrogens is 366 g/mol. The van der Waals surface area contributed by atoms with Gasteiger partial charge in [0.1, 0.15) is 0 Å². The van der Waals surface area contributed by atoms with Crippen molar-refractivity contribution in [2.75, 3.05) is 19.6 Å². The zero-order valence-corrected chi connectivity index (χ0v) is 16.0. The number of fused-ring (bicyclic) bond motifs is 1. The molecule has 2 aromatic carbocycles. The number of rotatable bonds is 6. The smallest absolute Gasteiger partial charge is 0.307 e. The van der Waals surface area contributed by atoms with Gasteiger partial charge in [-0.05, 0) is 35.7 Å². The number of hydrazone groups is 1. The van der Waals surface area contributed by atoms with Crippen LogP contribution < -0.4 is 10.7 Å². The van der Waals surface area contributed by atoms with Crippen LogP contribution in [0, 0.1) is 11.8 Å². The molecule has 7 heteroatoms. The number of carboxylic acid groups (broad SMARTS) is 1. The largest absolute Gasteiger partial charge is 0.481 e. The minimum atomic E-state index is -0.741. The molecule has 0 unspecified atom stereocenters. The third-order valence-corrected chi connectivity index (χ3v) is 5.16. The lowest BCUT2D eigenvalue weighted by molar-refractivity contribution is -0.142. The highest BCUT2D eigenvalue weighted by molar-refractivity contribution is 5.86. The van der Waals surface area contributed by atoms with E-state index >= 15 is 0 Å². The summed E-state index contributed by atoms with van der Waals surface area (Å²) in [5.74, 6) is -0.146. The molecule has 1 aromatic heterocycles. The molecule has 148 valence electrons. The van der Waals surface area contributed by atoms with Gasteiger partial charge in [-0.2, -0.15) is 5.10 Å². The molecule has 2 atom stereocenters. The van der Waals surface area contributed by atoms with Crippen molar-refractivity contribution in [3.05, 3.63) is 60.4 Å². The predicted octanol–water partition coefficient (Wildman–Crippen LogP) is 2.53. The molecule has 0 aliphatic carbocycles. The van der Waals surface area contributed by atoms with E-state index in [1.807, 2.05) is 18.2 Å². The van der Waals surface area contributed by atoms with Crippen molar-refractivity contribution in [1.82, 2.24) is 20.7 Å². The van der Waals surface area contributed by atoms with Crippen LogP contribution in [0.4, 0.5) is 0 Å². The summed E-state index contributed by atoms with van der Waals surface area (Å²) in [6.07, 6.45) is 5.82. The highest BCUT2D eigenvalue weighted by atomic mass is 16.4. The normalized spacial score (nSPS) is 19.4. The van der Waals surface area contributed by atoms with Gasteiger partial charge in [0.15, 0.2) is 5.82 Å². The first kappa shape index (κ1) is 19.0. The second-order valence-corrected chi connectivity index (χ2v) is 7.32. The zero-order valence-electron chi connectivity index (χ0n) is 16.0. The molecule has 1 saturated heterocycles. The van der Waals surface area contributed by atoms with Gasteiger partial charge in [-0.15, -0.1) is 0 Å². The lowest BCUT2D eigenvalue weighted by Crippen LogP contribution is -2.42. The van der Waals surface area contributed by atoms with Crippen molar-refractivity contribution in [3.63, 3.8) is 0 Å². The van der Waals surface area contributed by atoms with E-state index in [9.17, 15) is 4.79 Å². The SMILES string of the molecule is O=C(O)[C@H]1CNC[C@@H](CN/N=C/c2cnc(-c3ccc4ccccc4c3)nc2)C1. The topological polar surface area (TPSA) is 99.5 Å². The third kappa shape index (κ3) is 4.75. The van der Waals surface area contributed by atoms with Crippen LogP contribution in [0.1, 0.15) is 12.0 Å². The fourth-order valence-corrected chi connectivity index (χ4v) is 3.56. The van der Waals surface area contributed by atoms with E-state index < -0.39 is 5.97 Å². The first-order chi connectivity index (χ1) is 14.2. The predicted molar refractivity (Wildman–Crippen MR) is 113 cm³/mol. The van der Waals surface area contributed by atoms with E-state index in [1.54, 1.807) is 18.6 Å². The van der Waals surface area contributed by atoms with Crippen LogP contribution in [0.2, 0.25) is 0 Å². The van der Waals surface area contributed by atoms with Gasteiger partial charge in [-0.3, -0.25) is 4.79 Å². The van der Waals surface area contributed by atoms with E-state index in [2.05, 4.69) is 50.1 Å². The molecule has 1 aliphatic rings. The van der Waals surface area contributed by atoms with Crippen LogP contribution in [-0.4, -0.2) is 46.9 Å². The van der Waals surface area contributed by atoms with Gasteiger partial charge in [0.25, 0.3) is 0 Å². The second kappa shape index (κ2) is 8.79. The maximum Gasteiger partial charge on any atom is 0.307 e. The van der Waals surface area contributed by atoms with Gasteiger partial charge in [-0.25, -0.2) is 9.97 Å². The standard InChI is InChI=1S/C22H23N5O2/c28-22(29)20-7-15(9-23-14-20)12-26-27-13-16-10-24-21(25-11-16)19-6-5-17-3-1-2-4-18(17)8-19/h1-6,8,10-11,13,15,20,23,26H,7,9,12,14H2,(H,28,29)/b27-13+/t15-,20+/m0/s1. The number of nitrogens with one attached hydrogen (secondary N) is 2. The Balaban J connectivity index is 1.33. The van der Waals surface area contributed by atoms with Crippen molar-refractivity contribution in [1.29, 1.82) is 0 Å². The minimum absolute atomic E-state index is 0.244. The summed E-state index contributed by atoms with van der Waals surface area (Å²) in [6.45, 7) is 1.97. The minimum Gasteiger partial charge on any atom is -0.481 e. The Hall–Kier alpha value is -3.32. The molecule has 0 bridgehead atoms. The molecule has 4 rings (SSSR count). The van der Waals surface area contributed by atoms with Crippen molar-refractivity contribution in [3.8, 4) is 11.4 Å². The van der Waals surface area contributed by atoms with Gasteiger partial charge < -0.3 is 15.8 Å². The monoisotopic (exact) mass is 389 g/mol. The summed E-state index contributed by atoms with van der Waals surface area (Å²) in [5, 5.41) is 18.9. The average Bonchev–Trinajstić information content (AvgIpc) is 2.77. The van der Waals surface area contributed by atoms with E-state index in [0.29, 0.717) is 25.3 Å². The van der Waals surface area contributed by atoms with Crippen LogP contribution in [0.25, 0.3) is 22.2 Å². The van der Waals surface area contributed by atoms with Crippen LogP contribution >= 0.6 is 0 Å². The Morgan fingerprint density at radius 3 is 2.76 bits per heavy atom. The van der Waals surface area contributed by atoms with Crippen LogP contribution in [0.15, 0.2) is 60.0 Å². The average molecular weight is 389 g/mol. The maximum absolute atomic E-state index is 11.1. The van der Waals surface area contributed by atoms with E-state index in [1.165, 1.54) is 5.39 Å². The van der Waals surface area contributed by atoms with Crippen molar-refractivity contribution < 1.29 is 9.90 Å². The van der Waals surface area contributed by atoms with Crippen LogP contribution in [0.5, 0.6) is 0 Å². The Morgan fingerprint density at radius 1 is 1.17 bits per heavy atom. The second-order valence-electron chi connectivity index (χ2n) is 7.32.